The molecule has 18 heavy (non-hydrogen) atoms. The van der Waals surface area contributed by atoms with Gasteiger partial charge in [0.05, 0.1) is 0 Å². The second kappa shape index (κ2) is 4.26. The van der Waals surface area contributed by atoms with E-state index in [1.165, 1.54) is 27.6 Å². The highest BCUT2D eigenvalue weighted by molar-refractivity contribution is 5.88. The van der Waals surface area contributed by atoms with Crippen LogP contribution in [0.1, 0.15) is 5.56 Å². The number of aryl methyl sites for hydroxylation is 2. The third-order valence-corrected chi connectivity index (χ3v) is 3.42. The zero-order chi connectivity index (χ0) is 12.5. The highest BCUT2D eigenvalue weighted by atomic mass is 14.9. The van der Waals surface area contributed by atoms with E-state index in [0.717, 1.165) is 0 Å². The molecule has 0 bridgehead atoms. The lowest BCUT2D eigenvalue weighted by Crippen LogP contribution is -2.30. The van der Waals surface area contributed by atoms with Crippen molar-refractivity contribution >= 4 is 10.8 Å². The Morgan fingerprint density at radius 3 is 2.22 bits per heavy atom. The van der Waals surface area contributed by atoms with Gasteiger partial charge in [-0.3, -0.25) is 0 Å². The monoisotopic (exact) mass is 234 g/mol. The molecule has 0 atom stereocenters. The minimum Gasteiger partial charge on any atom is -0.201 e. The second-order valence-corrected chi connectivity index (χ2v) is 4.71. The van der Waals surface area contributed by atoms with Crippen LogP contribution >= 0.6 is 0 Å². The van der Waals surface area contributed by atoms with E-state index >= 15 is 0 Å². The minimum absolute atomic E-state index is 1.25. The minimum atomic E-state index is 1.25. The van der Waals surface area contributed by atoms with Crippen LogP contribution in [0.3, 0.4) is 0 Å². The summed E-state index contributed by atoms with van der Waals surface area (Å²) in [4.78, 5) is 0. The summed E-state index contributed by atoms with van der Waals surface area (Å²) >= 11 is 0. The van der Waals surface area contributed by atoms with Crippen LogP contribution < -0.4 is 4.57 Å². The van der Waals surface area contributed by atoms with Gasteiger partial charge in [0.1, 0.15) is 7.05 Å². The van der Waals surface area contributed by atoms with Crippen LogP contribution in [-0.4, -0.2) is 0 Å². The van der Waals surface area contributed by atoms with Crippen LogP contribution in [0.4, 0.5) is 0 Å². The summed E-state index contributed by atoms with van der Waals surface area (Å²) in [6.07, 6.45) is 2.09. The summed E-state index contributed by atoms with van der Waals surface area (Å²) in [6.45, 7) is 2.18. The standard InChI is InChI=1S/C17H16N/c1-13-11-14-7-3-4-8-15(14)12-16(13)17-9-5-6-10-18(17)2/h3-12H,1-2H3/q+1. The quantitative estimate of drug-likeness (QED) is 0.566. The molecule has 0 unspecified atom stereocenters. The molecule has 3 aromatic rings. The van der Waals surface area contributed by atoms with Gasteiger partial charge in [-0.15, -0.1) is 0 Å². The van der Waals surface area contributed by atoms with Crippen molar-refractivity contribution in [2.24, 2.45) is 7.05 Å². The van der Waals surface area contributed by atoms with Gasteiger partial charge in [-0.2, -0.15) is 0 Å². The maximum absolute atomic E-state index is 2.28. The number of benzene rings is 2. The SMILES string of the molecule is Cc1cc2ccccc2cc1-c1cccc[n+]1C. The molecule has 0 amide bonds. The lowest BCUT2D eigenvalue weighted by molar-refractivity contribution is -0.660. The van der Waals surface area contributed by atoms with Gasteiger partial charge in [0.25, 0.3) is 0 Å². The van der Waals surface area contributed by atoms with Gasteiger partial charge in [-0.05, 0) is 35.4 Å². The van der Waals surface area contributed by atoms with Crippen LogP contribution in [0, 0.1) is 6.92 Å². The number of hydrogen-bond donors (Lipinski definition) is 0. The van der Waals surface area contributed by atoms with Crippen LogP contribution in [0.25, 0.3) is 22.0 Å². The Morgan fingerprint density at radius 2 is 1.50 bits per heavy atom. The fourth-order valence-corrected chi connectivity index (χ4v) is 2.43. The summed E-state index contributed by atoms with van der Waals surface area (Å²) in [7, 11) is 2.09. The van der Waals surface area contributed by atoms with E-state index in [-0.39, 0.29) is 0 Å². The molecule has 1 heteroatoms. The zero-order valence-corrected chi connectivity index (χ0v) is 10.7. The molecule has 2 aromatic carbocycles. The molecule has 0 N–H and O–H groups in total. The third kappa shape index (κ3) is 1.78. The van der Waals surface area contributed by atoms with Gasteiger partial charge in [-0.1, -0.05) is 30.3 Å². The predicted octanol–water partition coefficient (Wildman–Crippen LogP) is 3.64. The maximum Gasteiger partial charge on any atom is 0.212 e. The first-order valence-corrected chi connectivity index (χ1v) is 6.20. The van der Waals surface area contributed by atoms with E-state index in [0.29, 0.717) is 0 Å². The summed E-state index contributed by atoms with van der Waals surface area (Å²) in [5, 5.41) is 2.60. The first kappa shape index (κ1) is 11.0. The molecule has 1 heterocycles. The van der Waals surface area contributed by atoms with Gasteiger partial charge in [0.15, 0.2) is 6.20 Å². The van der Waals surface area contributed by atoms with Crippen molar-refractivity contribution in [3.63, 3.8) is 0 Å². The van der Waals surface area contributed by atoms with Crippen LogP contribution in [-0.2, 0) is 7.05 Å². The van der Waals surface area contributed by atoms with Gasteiger partial charge in [-0.25, -0.2) is 4.57 Å². The van der Waals surface area contributed by atoms with Gasteiger partial charge in [0.2, 0.25) is 5.69 Å². The fraction of sp³-hybridized carbons (Fsp3) is 0.118. The molecule has 0 saturated heterocycles. The molecule has 0 fully saturated rings. The van der Waals surface area contributed by atoms with E-state index in [2.05, 4.69) is 79.3 Å². The summed E-state index contributed by atoms with van der Waals surface area (Å²) in [5.74, 6) is 0. The average molecular weight is 234 g/mol. The predicted molar refractivity (Wildman–Crippen MR) is 75.3 cm³/mol. The van der Waals surface area contributed by atoms with Gasteiger partial charge < -0.3 is 0 Å². The molecule has 1 nitrogen and oxygen atoms in total. The molecule has 0 spiro atoms. The van der Waals surface area contributed by atoms with Crippen molar-refractivity contribution in [1.82, 2.24) is 0 Å². The third-order valence-electron chi connectivity index (χ3n) is 3.42. The Kier molecular flexibility index (Phi) is 2.60. The highest BCUT2D eigenvalue weighted by Crippen LogP contribution is 2.26. The smallest absolute Gasteiger partial charge is 0.201 e. The lowest BCUT2D eigenvalue weighted by Gasteiger charge is -2.06. The largest absolute Gasteiger partial charge is 0.212 e. The van der Waals surface area contributed by atoms with E-state index < -0.39 is 0 Å². The van der Waals surface area contributed by atoms with Crippen molar-refractivity contribution < 1.29 is 4.57 Å². The molecule has 0 saturated carbocycles. The van der Waals surface area contributed by atoms with Crippen molar-refractivity contribution in [1.29, 1.82) is 0 Å². The second-order valence-electron chi connectivity index (χ2n) is 4.71. The van der Waals surface area contributed by atoms with E-state index in [1.54, 1.807) is 0 Å². The van der Waals surface area contributed by atoms with E-state index in [4.69, 9.17) is 0 Å². The van der Waals surface area contributed by atoms with Crippen LogP contribution in [0.15, 0.2) is 60.8 Å². The number of nitrogens with zero attached hydrogens (tertiary/aromatic N) is 1. The number of aromatic nitrogens is 1. The Labute approximate surface area is 107 Å². The zero-order valence-electron chi connectivity index (χ0n) is 10.7. The Morgan fingerprint density at radius 1 is 0.833 bits per heavy atom. The van der Waals surface area contributed by atoms with Crippen molar-refractivity contribution in [2.45, 2.75) is 6.92 Å². The van der Waals surface area contributed by atoms with Crippen molar-refractivity contribution in [3.8, 4) is 11.3 Å². The number of rotatable bonds is 1. The molecule has 0 radical (unpaired) electrons. The Bertz CT molecular complexity index is 714. The molecular formula is C17H16N+. The number of pyridine rings is 1. The van der Waals surface area contributed by atoms with Gasteiger partial charge in [0, 0.05) is 17.7 Å². The fourth-order valence-electron chi connectivity index (χ4n) is 2.43. The van der Waals surface area contributed by atoms with Crippen LogP contribution in [0.2, 0.25) is 0 Å². The lowest BCUT2D eigenvalue weighted by atomic mass is 9.99. The molecular weight excluding hydrogens is 218 g/mol. The molecule has 0 aliphatic rings. The van der Waals surface area contributed by atoms with Crippen molar-refractivity contribution in [2.75, 3.05) is 0 Å². The van der Waals surface area contributed by atoms with Crippen LogP contribution in [0.5, 0.6) is 0 Å². The summed E-state index contributed by atoms with van der Waals surface area (Å²) in [6, 6.07) is 19.4. The first-order chi connectivity index (χ1) is 8.75. The van der Waals surface area contributed by atoms with E-state index in [9.17, 15) is 0 Å². The molecule has 0 aliphatic carbocycles. The Balaban J connectivity index is 2.30. The first-order valence-electron chi connectivity index (χ1n) is 6.20. The summed E-state index contributed by atoms with van der Waals surface area (Å²) in [5.41, 5.74) is 3.87. The highest BCUT2D eigenvalue weighted by Gasteiger charge is 2.11. The summed E-state index contributed by atoms with van der Waals surface area (Å²) < 4.78 is 2.16. The van der Waals surface area contributed by atoms with Gasteiger partial charge >= 0.3 is 0 Å². The Hall–Kier alpha value is -2.15. The molecule has 3 rings (SSSR count). The maximum atomic E-state index is 2.28. The normalized spacial score (nSPS) is 10.8. The molecule has 88 valence electrons. The molecule has 0 aliphatic heterocycles. The van der Waals surface area contributed by atoms with Crippen molar-refractivity contribution in [3.05, 3.63) is 66.4 Å². The topological polar surface area (TPSA) is 3.88 Å². The average Bonchev–Trinajstić information content (AvgIpc) is 2.39. The van der Waals surface area contributed by atoms with E-state index in [1.807, 2.05) is 0 Å². The molecule has 1 aromatic heterocycles. The number of hydrogen-bond acceptors (Lipinski definition) is 0. The number of fused-ring (bicyclic) bond motifs is 1.